The van der Waals surface area contributed by atoms with E-state index in [0.29, 0.717) is 29.3 Å². The van der Waals surface area contributed by atoms with Gasteiger partial charge in [0.2, 0.25) is 0 Å². The summed E-state index contributed by atoms with van der Waals surface area (Å²) in [5, 5.41) is 5.84. The van der Waals surface area contributed by atoms with E-state index in [9.17, 15) is 9.59 Å². The van der Waals surface area contributed by atoms with Crippen LogP contribution >= 0.6 is 0 Å². The van der Waals surface area contributed by atoms with Gasteiger partial charge in [0.15, 0.2) is 0 Å². The number of benzene rings is 3. The summed E-state index contributed by atoms with van der Waals surface area (Å²) in [7, 11) is 0. The number of amides is 2. The number of rotatable bonds is 8. The number of anilines is 1. The van der Waals surface area contributed by atoms with Crippen LogP contribution in [0.5, 0.6) is 5.75 Å². The van der Waals surface area contributed by atoms with Crippen LogP contribution in [-0.4, -0.2) is 18.4 Å². The predicted octanol–water partition coefficient (Wildman–Crippen LogP) is 5.46. The van der Waals surface area contributed by atoms with Gasteiger partial charge >= 0.3 is 0 Å². The third-order valence-corrected chi connectivity index (χ3v) is 4.77. The molecule has 0 fully saturated rings. The number of ether oxygens (including phenoxy) is 1. The molecule has 2 amide bonds. The van der Waals surface area contributed by atoms with Gasteiger partial charge in [-0.15, -0.1) is 0 Å². The van der Waals surface area contributed by atoms with Crippen LogP contribution in [0, 0.1) is 5.92 Å². The minimum Gasteiger partial charge on any atom is -0.493 e. The van der Waals surface area contributed by atoms with E-state index >= 15 is 0 Å². The Bertz CT molecular complexity index is 1010. The van der Waals surface area contributed by atoms with Gasteiger partial charge in [-0.1, -0.05) is 56.3 Å². The molecule has 0 heterocycles. The van der Waals surface area contributed by atoms with Crippen molar-refractivity contribution in [2.45, 2.75) is 26.8 Å². The van der Waals surface area contributed by atoms with E-state index in [1.54, 1.807) is 48.5 Å². The molecule has 0 saturated heterocycles. The lowest BCUT2D eigenvalue weighted by molar-refractivity contribution is 0.0940. The molecule has 0 radical (unpaired) electrons. The van der Waals surface area contributed by atoms with Crippen LogP contribution in [0.4, 0.5) is 5.69 Å². The van der Waals surface area contributed by atoms with Crippen LogP contribution in [0.25, 0.3) is 0 Å². The molecular formula is C26H28N2O3. The molecule has 0 spiro atoms. The monoisotopic (exact) mass is 416 g/mol. The first-order valence-corrected chi connectivity index (χ1v) is 10.4. The molecule has 0 aliphatic rings. The molecule has 160 valence electrons. The molecule has 2 N–H and O–H groups in total. The summed E-state index contributed by atoms with van der Waals surface area (Å²) in [5.74, 6) is 0.617. The van der Waals surface area contributed by atoms with Crippen molar-refractivity contribution in [3.05, 3.63) is 95.6 Å². The van der Waals surface area contributed by atoms with Crippen LogP contribution in [0.1, 0.15) is 53.1 Å². The number of carbonyl (C=O) groups is 2. The lowest BCUT2D eigenvalue weighted by Crippen LogP contribution is -2.28. The lowest BCUT2D eigenvalue weighted by Gasteiger charge is -2.16. The van der Waals surface area contributed by atoms with Crippen molar-refractivity contribution in [3.63, 3.8) is 0 Å². The second-order valence-electron chi connectivity index (χ2n) is 7.83. The Labute approximate surface area is 183 Å². The summed E-state index contributed by atoms with van der Waals surface area (Å²) in [6.07, 6.45) is 0. The maximum absolute atomic E-state index is 12.9. The van der Waals surface area contributed by atoms with Crippen molar-refractivity contribution in [1.29, 1.82) is 0 Å². The van der Waals surface area contributed by atoms with Crippen LogP contribution in [0.2, 0.25) is 0 Å². The Morgan fingerprint density at radius 2 is 1.45 bits per heavy atom. The highest BCUT2D eigenvalue weighted by atomic mass is 16.5. The average molecular weight is 417 g/mol. The standard InChI is InChI=1S/C26H28N2O3/c1-18(2)17-31-22-15-13-21(14-16-22)25(29)28-24-12-8-7-11-23(24)26(30)27-19(3)20-9-5-4-6-10-20/h4-16,18-19H,17H2,1-3H3,(H,27,30)(H,28,29). The second-order valence-corrected chi connectivity index (χ2v) is 7.83. The minimum absolute atomic E-state index is 0.157. The van der Waals surface area contributed by atoms with Crippen molar-refractivity contribution in [2.75, 3.05) is 11.9 Å². The number of hydrogen-bond acceptors (Lipinski definition) is 3. The van der Waals surface area contributed by atoms with Crippen molar-refractivity contribution < 1.29 is 14.3 Å². The number of nitrogens with one attached hydrogen (secondary N) is 2. The van der Waals surface area contributed by atoms with E-state index in [0.717, 1.165) is 11.3 Å². The van der Waals surface area contributed by atoms with E-state index in [2.05, 4.69) is 24.5 Å². The van der Waals surface area contributed by atoms with Crippen LogP contribution in [0.3, 0.4) is 0 Å². The van der Waals surface area contributed by atoms with Gasteiger partial charge in [0.25, 0.3) is 11.8 Å². The normalized spacial score (nSPS) is 11.6. The largest absolute Gasteiger partial charge is 0.493 e. The Morgan fingerprint density at radius 1 is 0.806 bits per heavy atom. The molecule has 1 atom stereocenters. The van der Waals surface area contributed by atoms with Gasteiger partial charge < -0.3 is 15.4 Å². The summed E-state index contributed by atoms with van der Waals surface area (Å²) in [6.45, 7) is 6.71. The van der Waals surface area contributed by atoms with Gasteiger partial charge in [-0.3, -0.25) is 9.59 Å². The molecular weight excluding hydrogens is 388 g/mol. The molecule has 0 aliphatic carbocycles. The molecule has 0 aromatic heterocycles. The fourth-order valence-corrected chi connectivity index (χ4v) is 3.05. The number of carbonyl (C=O) groups excluding carboxylic acids is 2. The van der Waals surface area contributed by atoms with Crippen molar-refractivity contribution in [1.82, 2.24) is 5.32 Å². The fourth-order valence-electron chi connectivity index (χ4n) is 3.05. The quantitative estimate of drug-likeness (QED) is 0.512. The SMILES string of the molecule is CC(C)COc1ccc(C(=O)Nc2ccccc2C(=O)NC(C)c2ccccc2)cc1. The van der Waals surface area contributed by atoms with E-state index < -0.39 is 0 Å². The first-order chi connectivity index (χ1) is 14.9. The molecule has 0 aliphatic heterocycles. The molecule has 0 bridgehead atoms. The van der Waals surface area contributed by atoms with Gasteiger partial charge in [0.05, 0.1) is 23.9 Å². The molecule has 5 nitrogen and oxygen atoms in total. The summed E-state index contributed by atoms with van der Waals surface area (Å²) in [4.78, 5) is 25.6. The molecule has 0 saturated carbocycles. The zero-order valence-corrected chi connectivity index (χ0v) is 18.1. The number of hydrogen-bond donors (Lipinski definition) is 2. The molecule has 5 heteroatoms. The van der Waals surface area contributed by atoms with Gasteiger partial charge in [0.1, 0.15) is 5.75 Å². The van der Waals surface area contributed by atoms with E-state index in [4.69, 9.17) is 4.74 Å². The van der Waals surface area contributed by atoms with Gasteiger partial charge in [-0.2, -0.15) is 0 Å². The number of para-hydroxylation sites is 1. The van der Waals surface area contributed by atoms with Crippen molar-refractivity contribution >= 4 is 17.5 Å². The summed E-state index contributed by atoms with van der Waals surface area (Å²) >= 11 is 0. The van der Waals surface area contributed by atoms with Crippen LogP contribution in [-0.2, 0) is 0 Å². The summed E-state index contributed by atoms with van der Waals surface area (Å²) < 4.78 is 5.66. The van der Waals surface area contributed by atoms with Crippen molar-refractivity contribution in [3.8, 4) is 5.75 Å². The van der Waals surface area contributed by atoms with Gasteiger partial charge in [0, 0.05) is 5.56 Å². The fraction of sp³-hybridized carbons (Fsp3) is 0.231. The van der Waals surface area contributed by atoms with Crippen molar-refractivity contribution in [2.24, 2.45) is 5.92 Å². The Kier molecular flexibility index (Phi) is 7.44. The Hall–Kier alpha value is -3.60. The highest BCUT2D eigenvalue weighted by Gasteiger charge is 2.16. The highest BCUT2D eigenvalue weighted by molar-refractivity contribution is 6.09. The highest BCUT2D eigenvalue weighted by Crippen LogP contribution is 2.20. The maximum Gasteiger partial charge on any atom is 0.255 e. The van der Waals surface area contributed by atoms with Crippen LogP contribution < -0.4 is 15.4 Å². The topological polar surface area (TPSA) is 67.4 Å². The van der Waals surface area contributed by atoms with E-state index in [-0.39, 0.29) is 17.9 Å². The van der Waals surface area contributed by atoms with E-state index in [1.807, 2.05) is 37.3 Å². The summed E-state index contributed by atoms with van der Waals surface area (Å²) in [5.41, 5.74) is 2.38. The first-order valence-electron chi connectivity index (χ1n) is 10.4. The third kappa shape index (κ3) is 6.19. The minimum atomic E-state index is -0.285. The first kappa shape index (κ1) is 22.1. The van der Waals surface area contributed by atoms with Gasteiger partial charge in [-0.05, 0) is 54.8 Å². The molecule has 31 heavy (non-hydrogen) atoms. The predicted molar refractivity (Wildman–Crippen MR) is 123 cm³/mol. The third-order valence-electron chi connectivity index (χ3n) is 4.77. The smallest absolute Gasteiger partial charge is 0.255 e. The molecule has 3 aromatic carbocycles. The molecule has 3 rings (SSSR count). The van der Waals surface area contributed by atoms with E-state index in [1.165, 1.54) is 0 Å². The lowest BCUT2D eigenvalue weighted by atomic mass is 10.1. The Balaban J connectivity index is 1.68. The second kappa shape index (κ2) is 10.4. The summed E-state index contributed by atoms with van der Waals surface area (Å²) in [6, 6.07) is 23.5. The Morgan fingerprint density at radius 3 is 2.13 bits per heavy atom. The zero-order valence-electron chi connectivity index (χ0n) is 18.1. The van der Waals surface area contributed by atoms with Crippen LogP contribution in [0.15, 0.2) is 78.9 Å². The maximum atomic E-state index is 12.9. The molecule has 3 aromatic rings. The van der Waals surface area contributed by atoms with Gasteiger partial charge in [-0.25, -0.2) is 0 Å². The zero-order chi connectivity index (χ0) is 22.2. The molecule has 1 unspecified atom stereocenters. The average Bonchev–Trinajstić information content (AvgIpc) is 2.78.